The first-order chi connectivity index (χ1) is 16.9. The predicted molar refractivity (Wildman–Crippen MR) is 131 cm³/mol. The number of hydrogen-bond acceptors (Lipinski definition) is 7. The first-order valence-electron chi connectivity index (χ1n) is 11.4. The van der Waals surface area contributed by atoms with Crippen molar-refractivity contribution in [1.29, 1.82) is 0 Å². The molecule has 1 aliphatic heterocycles. The molecule has 0 aromatic carbocycles. The van der Waals surface area contributed by atoms with Gasteiger partial charge in [0, 0.05) is 50.4 Å². The summed E-state index contributed by atoms with van der Waals surface area (Å²) in [5, 5.41) is 7.36. The number of aryl methyl sites for hydroxylation is 3. The van der Waals surface area contributed by atoms with E-state index < -0.39 is 0 Å². The molecule has 0 bridgehead atoms. The van der Waals surface area contributed by atoms with E-state index in [0.29, 0.717) is 31.3 Å². The SMILES string of the molecule is COC[C@@H]1Cn2cc(-c3nc(Nc4ccnn4C)ncc3C)cc2C(=O)N1Cc1cccc(C)n1. The molecule has 35 heavy (non-hydrogen) atoms. The van der Waals surface area contributed by atoms with E-state index >= 15 is 0 Å². The van der Waals surface area contributed by atoms with Gasteiger partial charge in [-0.1, -0.05) is 6.07 Å². The fourth-order valence-corrected chi connectivity index (χ4v) is 4.41. The van der Waals surface area contributed by atoms with Crippen LogP contribution in [0.5, 0.6) is 0 Å². The van der Waals surface area contributed by atoms with E-state index in [1.807, 2.05) is 66.9 Å². The highest BCUT2D eigenvalue weighted by molar-refractivity contribution is 5.95. The number of nitrogens with zero attached hydrogens (tertiary/aromatic N) is 7. The van der Waals surface area contributed by atoms with Crippen LogP contribution in [0.4, 0.5) is 11.8 Å². The molecule has 0 saturated carbocycles. The third-order valence-corrected chi connectivity index (χ3v) is 6.17. The molecule has 10 nitrogen and oxygen atoms in total. The molecule has 5 heterocycles. The van der Waals surface area contributed by atoms with E-state index in [1.54, 1.807) is 24.2 Å². The largest absolute Gasteiger partial charge is 0.382 e. The van der Waals surface area contributed by atoms with Crippen molar-refractivity contribution in [3.63, 3.8) is 0 Å². The van der Waals surface area contributed by atoms with Gasteiger partial charge in [-0.3, -0.25) is 14.5 Å². The zero-order valence-corrected chi connectivity index (χ0v) is 20.3. The molecule has 1 aliphatic rings. The fourth-order valence-electron chi connectivity index (χ4n) is 4.41. The van der Waals surface area contributed by atoms with Gasteiger partial charge in [-0.25, -0.2) is 9.97 Å². The van der Waals surface area contributed by atoms with Crippen molar-refractivity contribution in [2.24, 2.45) is 7.05 Å². The number of carbonyl (C=O) groups is 1. The van der Waals surface area contributed by atoms with Crippen LogP contribution in [-0.2, 0) is 24.9 Å². The van der Waals surface area contributed by atoms with E-state index in [1.165, 1.54) is 0 Å². The first kappa shape index (κ1) is 22.7. The van der Waals surface area contributed by atoms with Crippen LogP contribution in [0.3, 0.4) is 0 Å². The van der Waals surface area contributed by atoms with Gasteiger partial charge in [0.15, 0.2) is 0 Å². The molecule has 4 aromatic rings. The lowest BCUT2D eigenvalue weighted by Crippen LogP contribution is -2.49. The minimum Gasteiger partial charge on any atom is -0.382 e. The second kappa shape index (κ2) is 9.30. The van der Waals surface area contributed by atoms with Gasteiger partial charge in [-0.15, -0.1) is 0 Å². The van der Waals surface area contributed by atoms with E-state index in [4.69, 9.17) is 9.72 Å². The van der Waals surface area contributed by atoms with Gasteiger partial charge >= 0.3 is 0 Å². The number of aromatic nitrogens is 6. The minimum atomic E-state index is -0.101. The second-order valence-corrected chi connectivity index (χ2v) is 8.77. The molecule has 0 aliphatic carbocycles. The quantitative estimate of drug-likeness (QED) is 0.441. The van der Waals surface area contributed by atoms with Crippen LogP contribution >= 0.6 is 0 Å². The highest BCUT2D eigenvalue weighted by Gasteiger charge is 2.33. The summed E-state index contributed by atoms with van der Waals surface area (Å²) in [4.78, 5) is 29.2. The molecule has 4 aromatic heterocycles. The summed E-state index contributed by atoms with van der Waals surface area (Å²) >= 11 is 0. The smallest absolute Gasteiger partial charge is 0.271 e. The van der Waals surface area contributed by atoms with Gasteiger partial charge in [0.05, 0.1) is 36.8 Å². The van der Waals surface area contributed by atoms with Crippen molar-refractivity contribution >= 4 is 17.7 Å². The molecule has 1 amide bonds. The Morgan fingerprint density at radius 2 is 2.06 bits per heavy atom. The number of methoxy groups -OCH3 is 1. The number of ether oxygens (including phenoxy) is 1. The molecular weight excluding hydrogens is 444 g/mol. The third kappa shape index (κ3) is 4.52. The molecule has 0 saturated heterocycles. The summed E-state index contributed by atoms with van der Waals surface area (Å²) in [6, 6.07) is 9.53. The second-order valence-electron chi connectivity index (χ2n) is 8.77. The maximum atomic E-state index is 13.6. The number of hydrogen-bond donors (Lipinski definition) is 1. The van der Waals surface area contributed by atoms with E-state index in [0.717, 1.165) is 34.0 Å². The van der Waals surface area contributed by atoms with Crippen LogP contribution in [0.25, 0.3) is 11.3 Å². The van der Waals surface area contributed by atoms with Crippen molar-refractivity contribution in [3.05, 3.63) is 71.6 Å². The Labute approximate surface area is 203 Å². The molecule has 10 heteroatoms. The summed E-state index contributed by atoms with van der Waals surface area (Å²) in [5.74, 6) is 1.20. The Morgan fingerprint density at radius 1 is 1.20 bits per heavy atom. The van der Waals surface area contributed by atoms with Gasteiger partial charge < -0.3 is 19.5 Å². The van der Waals surface area contributed by atoms with Crippen LogP contribution in [0.15, 0.2) is 48.9 Å². The number of pyridine rings is 1. The maximum absolute atomic E-state index is 13.6. The van der Waals surface area contributed by atoms with Crippen molar-refractivity contribution in [2.75, 3.05) is 19.0 Å². The summed E-state index contributed by atoms with van der Waals surface area (Å²) < 4.78 is 9.17. The van der Waals surface area contributed by atoms with Crippen LogP contribution in [0.2, 0.25) is 0 Å². The number of nitrogens with one attached hydrogen (secondary N) is 1. The summed E-state index contributed by atoms with van der Waals surface area (Å²) in [5.41, 5.74) is 4.97. The summed E-state index contributed by atoms with van der Waals surface area (Å²) in [6.45, 7) is 5.42. The number of rotatable bonds is 7. The molecule has 0 unspecified atom stereocenters. The predicted octanol–water partition coefficient (Wildman–Crippen LogP) is 3.11. The van der Waals surface area contributed by atoms with Crippen molar-refractivity contribution < 1.29 is 9.53 Å². The average Bonchev–Trinajstić information content (AvgIpc) is 3.44. The van der Waals surface area contributed by atoms with Crippen LogP contribution in [-0.4, -0.2) is 59.9 Å². The number of fused-ring (bicyclic) bond motifs is 1. The van der Waals surface area contributed by atoms with E-state index in [2.05, 4.69) is 20.4 Å². The van der Waals surface area contributed by atoms with E-state index in [9.17, 15) is 4.79 Å². The average molecular weight is 473 g/mol. The van der Waals surface area contributed by atoms with Gasteiger partial charge in [-0.05, 0) is 37.6 Å². The maximum Gasteiger partial charge on any atom is 0.271 e. The summed E-state index contributed by atoms with van der Waals surface area (Å²) in [6.07, 6.45) is 5.48. The summed E-state index contributed by atoms with van der Waals surface area (Å²) in [7, 11) is 3.50. The lowest BCUT2D eigenvalue weighted by atomic mass is 10.1. The highest BCUT2D eigenvalue weighted by Crippen LogP contribution is 2.29. The van der Waals surface area contributed by atoms with Gasteiger partial charge in [0.2, 0.25) is 5.95 Å². The minimum absolute atomic E-state index is 0.0483. The van der Waals surface area contributed by atoms with Gasteiger partial charge in [0.25, 0.3) is 5.91 Å². The van der Waals surface area contributed by atoms with Crippen molar-refractivity contribution in [2.45, 2.75) is 33.0 Å². The number of anilines is 2. The Kier molecular flexibility index (Phi) is 6.04. The zero-order chi connectivity index (χ0) is 24.5. The van der Waals surface area contributed by atoms with Gasteiger partial charge in [-0.2, -0.15) is 5.10 Å². The van der Waals surface area contributed by atoms with Crippen LogP contribution < -0.4 is 5.32 Å². The number of amides is 1. The lowest BCUT2D eigenvalue weighted by molar-refractivity contribution is 0.0384. The molecule has 180 valence electrons. The Balaban J connectivity index is 1.46. The van der Waals surface area contributed by atoms with Crippen LogP contribution in [0, 0.1) is 13.8 Å². The standard InChI is InChI=1S/C25H28N8O2/c1-16-11-26-25(29-22-8-9-27-31(22)3)30-23(16)18-10-21-24(34)33(13-19-7-5-6-17(2)28-19)20(15-35-4)14-32(21)12-18/h5-12,20H,13-15H2,1-4H3,(H,26,29,30)/t20-/m0/s1. The molecular formula is C25H28N8O2. The number of carbonyl (C=O) groups excluding carboxylic acids is 1. The topological polar surface area (TPSA) is 103 Å². The normalized spacial score (nSPS) is 15.4. The Bertz CT molecular complexity index is 1380. The van der Waals surface area contributed by atoms with Crippen molar-refractivity contribution in [3.8, 4) is 11.3 Å². The molecule has 1 atom stereocenters. The first-order valence-corrected chi connectivity index (χ1v) is 11.4. The molecule has 0 fully saturated rings. The van der Waals surface area contributed by atoms with Crippen LogP contribution in [0.1, 0.15) is 27.4 Å². The molecule has 1 N–H and O–H groups in total. The molecule has 0 radical (unpaired) electrons. The van der Waals surface area contributed by atoms with E-state index in [-0.39, 0.29) is 11.9 Å². The highest BCUT2D eigenvalue weighted by atomic mass is 16.5. The van der Waals surface area contributed by atoms with Crippen molar-refractivity contribution in [1.82, 2.24) is 34.2 Å². The Hall–Kier alpha value is -4.05. The molecule has 5 rings (SSSR count). The zero-order valence-electron chi connectivity index (χ0n) is 20.3. The fraction of sp³-hybridized carbons (Fsp3) is 0.320. The third-order valence-electron chi connectivity index (χ3n) is 6.17. The molecule has 0 spiro atoms. The Morgan fingerprint density at radius 3 is 2.80 bits per heavy atom. The lowest BCUT2D eigenvalue weighted by Gasteiger charge is -2.36. The van der Waals surface area contributed by atoms with Gasteiger partial charge in [0.1, 0.15) is 11.5 Å². The monoisotopic (exact) mass is 472 g/mol.